The van der Waals surface area contributed by atoms with Gasteiger partial charge in [-0.3, -0.25) is 0 Å². The maximum atomic E-state index is 12.7. The topological polar surface area (TPSA) is 60.0 Å². The summed E-state index contributed by atoms with van der Waals surface area (Å²) in [5.74, 6) is 0.294. The van der Waals surface area contributed by atoms with Crippen molar-refractivity contribution in [2.45, 2.75) is 13.0 Å². The van der Waals surface area contributed by atoms with Crippen LogP contribution in [0.2, 0.25) is 0 Å². The Balaban J connectivity index is 2.35. The average molecular weight is 376 g/mol. The number of esters is 1. The van der Waals surface area contributed by atoms with E-state index in [9.17, 15) is 4.79 Å². The van der Waals surface area contributed by atoms with E-state index in [0.29, 0.717) is 29.6 Å². The van der Waals surface area contributed by atoms with E-state index in [0.717, 1.165) is 11.3 Å². The minimum Gasteiger partial charge on any atom is -0.490 e. The minimum absolute atomic E-state index is 0.190. The number of ether oxygens (including phenoxy) is 3. The average Bonchev–Trinajstić information content (AvgIpc) is 2.64. The van der Waals surface area contributed by atoms with Gasteiger partial charge in [-0.05, 0) is 36.8 Å². The lowest BCUT2D eigenvalue weighted by Gasteiger charge is -2.35. The summed E-state index contributed by atoms with van der Waals surface area (Å²) in [6.45, 7) is 6.44. The van der Waals surface area contributed by atoms with Crippen molar-refractivity contribution in [2.24, 2.45) is 0 Å². The zero-order valence-electron chi connectivity index (χ0n) is 15.3. The van der Waals surface area contributed by atoms with Gasteiger partial charge < -0.3 is 24.4 Å². The van der Waals surface area contributed by atoms with E-state index >= 15 is 0 Å². The first-order chi connectivity index (χ1) is 12.5. The molecule has 140 valence electrons. The first-order valence-corrected chi connectivity index (χ1v) is 8.65. The van der Waals surface area contributed by atoms with E-state index < -0.39 is 12.0 Å². The number of thiocarbonyl (C=S) groups is 1. The van der Waals surface area contributed by atoms with Gasteiger partial charge >= 0.3 is 5.97 Å². The van der Waals surface area contributed by atoms with Crippen molar-refractivity contribution < 1.29 is 19.0 Å². The molecule has 6 nitrogen and oxygen atoms in total. The molecule has 1 aliphatic rings. The van der Waals surface area contributed by atoms with E-state index in [4.69, 9.17) is 26.4 Å². The number of allylic oxidation sites excluding steroid dienone is 1. The second-order valence-corrected chi connectivity index (χ2v) is 6.13. The maximum absolute atomic E-state index is 12.7. The zero-order chi connectivity index (χ0) is 19.1. The monoisotopic (exact) mass is 376 g/mol. The fourth-order valence-corrected chi connectivity index (χ4v) is 2.84. The van der Waals surface area contributed by atoms with E-state index in [1.807, 2.05) is 38.2 Å². The Morgan fingerprint density at radius 2 is 2.19 bits per heavy atom. The third kappa shape index (κ3) is 4.62. The Labute approximate surface area is 159 Å². The highest BCUT2D eigenvalue weighted by Crippen LogP contribution is 2.32. The highest BCUT2D eigenvalue weighted by Gasteiger charge is 2.33. The smallest absolute Gasteiger partial charge is 0.338 e. The number of nitrogens with zero attached hydrogens (tertiary/aromatic N) is 1. The molecule has 2 rings (SSSR count). The van der Waals surface area contributed by atoms with Gasteiger partial charge in [0.05, 0.1) is 18.2 Å². The van der Waals surface area contributed by atoms with Crippen molar-refractivity contribution >= 4 is 23.3 Å². The third-order valence-electron chi connectivity index (χ3n) is 4.05. The molecule has 1 aromatic rings. The molecule has 1 N–H and O–H groups in total. The highest BCUT2D eigenvalue weighted by atomic mass is 32.1. The Kier molecular flexibility index (Phi) is 7.17. The van der Waals surface area contributed by atoms with Crippen LogP contribution in [0.4, 0.5) is 0 Å². The van der Waals surface area contributed by atoms with Crippen molar-refractivity contribution in [3.8, 4) is 5.75 Å². The van der Waals surface area contributed by atoms with Crippen molar-refractivity contribution in [1.82, 2.24) is 10.2 Å². The first-order valence-electron chi connectivity index (χ1n) is 8.24. The molecule has 7 heteroatoms. The summed E-state index contributed by atoms with van der Waals surface area (Å²) in [5, 5.41) is 3.75. The van der Waals surface area contributed by atoms with Gasteiger partial charge in [-0.1, -0.05) is 24.8 Å². The van der Waals surface area contributed by atoms with Crippen molar-refractivity contribution in [3.05, 3.63) is 53.8 Å². The second-order valence-electron chi connectivity index (χ2n) is 5.74. The molecular weight excluding hydrogens is 352 g/mol. The van der Waals surface area contributed by atoms with E-state index in [1.54, 1.807) is 18.1 Å². The summed E-state index contributed by atoms with van der Waals surface area (Å²) in [7, 11) is 3.37. The van der Waals surface area contributed by atoms with Gasteiger partial charge in [0.1, 0.15) is 19.0 Å². The molecule has 0 saturated carbocycles. The lowest BCUT2D eigenvalue weighted by Crippen LogP contribution is -2.46. The standard InChI is InChI=1S/C19H24N2O4S/c1-5-9-24-15-8-6-7-14(12-15)17-16(18(22)25-11-10-23-4)13(2)21(3)19(26)20-17/h5-8,12,17H,1,9-11H2,2-4H3,(H,20,26)/t17-/m1/s1. The molecular formula is C19H24N2O4S. The molecule has 0 aliphatic carbocycles. The zero-order valence-corrected chi connectivity index (χ0v) is 16.1. The highest BCUT2D eigenvalue weighted by molar-refractivity contribution is 7.80. The molecule has 0 aromatic heterocycles. The fraction of sp³-hybridized carbons (Fsp3) is 0.368. The van der Waals surface area contributed by atoms with Gasteiger partial charge in [-0.15, -0.1) is 0 Å². The van der Waals surface area contributed by atoms with Gasteiger partial charge in [0, 0.05) is 19.9 Å². The molecule has 1 aliphatic heterocycles. The van der Waals surface area contributed by atoms with Gasteiger partial charge in [-0.25, -0.2) is 4.79 Å². The molecule has 0 spiro atoms. The van der Waals surface area contributed by atoms with Crippen molar-refractivity contribution in [2.75, 3.05) is 34.0 Å². The quantitative estimate of drug-likeness (QED) is 0.324. The van der Waals surface area contributed by atoms with Crippen molar-refractivity contribution in [1.29, 1.82) is 0 Å². The Morgan fingerprint density at radius 1 is 1.42 bits per heavy atom. The number of carbonyl (C=O) groups excluding carboxylic acids is 1. The van der Waals surface area contributed by atoms with E-state index in [2.05, 4.69) is 11.9 Å². The van der Waals surface area contributed by atoms with Crippen LogP contribution in [0.15, 0.2) is 48.2 Å². The third-order valence-corrected chi connectivity index (χ3v) is 4.45. The summed E-state index contributed by atoms with van der Waals surface area (Å²) in [6, 6.07) is 7.11. The minimum atomic E-state index is -0.416. The molecule has 0 bridgehead atoms. The fourth-order valence-electron chi connectivity index (χ4n) is 2.58. The van der Waals surface area contributed by atoms with Gasteiger partial charge in [0.15, 0.2) is 5.11 Å². The molecule has 0 saturated heterocycles. The normalized spacial score (nSPS) is 17.0. The summed E-state index contributed by atoms with van der Waals surface area (Å²) >= 11 is 5.40. The van der Waals surface area contributed by atoms with Crippen molar-refractivity contribution in [3.63, 3.8) is 0 Å². The van der Waals surface area contributed by atoms with Crippen LogP contribution in [-0.4, -0.2) is 50.0 Å². The molecule has 0 radical (unpaired) electrons. The largest absolute Gasteiger partial charge is 0.490 e. The maximum Gasteiger partial charge on any atom is 0.338 e. The molecule has 1 aromatic carbocycles. The predicted molar refractivity (Wildman–Crippen MR) is 104 cm³/mol. The van der Waals surface area contributed by atoms with Crippen LogP contribution in [0.3, 0.4) is 0 Å². The number of benzene rings is 1. The van der Waals surface area contributed by atoms with Crippen LogP contribution in [-0.2, 0) is 14.3 Å². The van der Waals surface area contributed by atoms with E-state index in [1.165, 1.54) is 0 Å². The van der Waals surface area contributed by atoms with Gasteiger partial charge in [0.2, 0.25) is 0 Å². The SMILES string of the molecule is C=CCOc1cccc([C@H]2NC(=S)N(C)C(C)=C2C(=O)OCCOC)c1. The van der Waals surface area contributed by atoms with Crippen LogP contribution in [0, 0.1) is 0 Å². The number of rotatable bonds is 8. The first kappa shape index (κ1) is 19.9. The second kappa shape index (κ2) is 9.35. The Bertz CT molecular complexity index is 717. The van der Waals surface area contributed by atoms with Crippen LogP contribution in [0.25, 0.3) is 0 Å². The molecule has 0 amide bonds. The van der Waals surface area contributed by atoms with Crippen LogP contribution in [0.5, 0.6) is 5.75 Å². The summed E-state index contributed by atoms with van der Waals surface area (Å²) < 4.78 is 15.9. The lowest BCUT2D eigenvalue weighted by atomic mass is 9.95. The van der Waals surface area contributed by atoms with Gasteiger partial charge in [0.25, 0.3) is 0 Å². The summed E-state index contributed by atoms with van der Waals surface area (Å²) in [4.78, 5) is 14.4. The Morgan fingerprint density at radius 3 is 2.88 bits per heavy atom. The molecule has 1 heterocycles. The molecule has 0 fully saturated rings. The molecule has 1 atom stereocenters. The molecule has 26 heavy (non-hydrogen) atoms. The number of hydrogen-bond donors (Lipinski definition) is 1. The number of nitrogens with one attached hydrogen (secondary N) is 1. The van der Waals surface area contributed by atoms with Gasteiger partial charge in [-0.2, -0.15) is 0 Å². The summed E-state index contributed by atoms with van der Waals surface area (Å²) in [6.07, 6.45) is 1.68. The number of carbonyl (C=O) groups is 1. The predicted octanol–water partition coefficient (Wildman–Crippen LogP) is 2.58. The lowest BCUT2D eigenvalue weighted by molar-refractivity contribution is -0.140. The Hall–Kier alpha value is -2.38. The van der Waals surface area contributed by atoms with Crippen LogP contribution < -0.4 is 10.1 Å². The van der Waals surface area contributed by atoms with Crippen LogP contribution in [0.1, 0.15) is 18.5 Å². The van der Waals surface area contributed by atoms with Crippen LogP contribution >= 0.6 is 12.2 Å². The number of hydrogen-bond acceptors (Lipinski definition) is 5. The van der Waals surface area contributed by atoms with E-state index in [-0.39, 0.29) is 6.61 Å². The summed E-state index contributed by atoms with van der Waals surface area (Å²) in [5.41, 5.74) is 2.12. The molecule has 0 unspecified atom stereocenters. The number of methoxy groups -OCH3 is 1.